The van der Waals surface area contributed by atoms with Gasteiger partial charge in [0.2, 0.25) is 0 Å². The Morgan fingerprint density at radius 3 is 2.85 bits per heavy atom. The van der Waals surface area contributed by atoms with Gasteiger partial charge in [0.1, 0.15) is 6.29 Å². The summed E-state index contributed by atoms with van der Waals surface area (Å²) in [5.41, 5.74) is 0. The predicted octanol–water partition coefficient (Wildman–Crippen LogP) is 1.95. The average Bonchev–Trinajstić information content (AvgIpc) is 2.51. The molecule has 2 nitrogen and oxygen atoms in total. The molecule has 0 saturated carbocycles. The fraction of sp³-hybridized carbons (Fsp3) is 0.500. The summed E-state index contributed by atoms with van der Waals surface area (Å²) in [6.45, 7) is 2.96. The van der Waals surface area contributed by atoms with Crippen LogP contribution in [0.2, 0.25) is 0 Å². The van der Waals surface area contributed by atoms with Crippen LogP contribution in [0.15, 0.2) is 12.1 Å². The van der Waals surface area contributed by atoms with Crippen LogP contribution in [-0.2, 0) is 4.79 Å². The summed E-state index contributed by atoms with van der Waals surface area (Å²) >= 11 is 1.78. The molecular formula is C10H15NOS. The maximum Gasteiger partial charge on any atom is 0.120 e. The van der Waals surface area contributed by atoms with Gasteiger partial charge in [-0.1, -0.05) is 0 Å². The number of nitrogens with one attached hydrogen (secondary N) is 1. The first-order chi connectivity index (χ1) is 6.27. The van der Waals surface area contributed by atoms with Gasteiger partial charge in [0, 0.05) is 28.6 Å². The molecule has 1 N–H and O–H groups in total. The molecular weight excluding hydrogens is 182 g/mol. The first-order valence-electron chi connectivity index (χ1n) is 4.42. The lowest BCUT2D eigenvalue weighted by atomic mass is 10.0. The van der Waals surface area contributed by atoms with Gasteiger partial charge in [-0.15, -0.1) is 11.3 Å². The minimum atomic E-state index is 0.348. The number of aldehydes is 1. The minimum absolute atomic E-state index is 0.348. The van der Waals surface area contributed by atoms with E-state index in [9.17, 15) is 4.79 Å². The second kappa shape index (κ2) is 5.14. The highest BCUT2D eigenvalue weighted by Crippen LogP contribution is 2.25. The van der Waals surface area contributed by atoms with Crippen molar-refractivity contribution in [3.63, 3.8) is 0 Å². The molecule has 0 aliphatic carbocycles. The van der Waals surface area contributed by atoms with Gasteiger partial charge >= 0.3 is 0 Å². The van der Waals surface area contributed by atoms with E-state index in [1.165, 1.54) is 9.75 Å². The van der Waals surface area contributed by atoms with Crippen LogP contribution in [0.4, 0.5) is 0 Å². The molecule has 0 saturated heterocycles. The molecule has 0 radical (unpaired) electrons. The van der Waals surface area contributed by atoms with Crippen LogP contribution in [-0.4, -0.2) is 19.9 Å². The quantitative estimate of drug-likeness (QED) is 0.731. The van der Waals surface area contributed by atoms with E-state index in [1.807, 2.05) is 7.05 Å². The molecule has 1 atom stereocenters. The molecule has 1 aromatic heterocycles. The van der Waals surface area contributed by atoms with Crippen LogP contribution < -0.4 is 5.32 Å². The molecule has 0 amide bonds. The molecule has 0 aromatic carbocycles. The standard InChI is InChI=1S/C10H15NOS/c1-8-3-4-10(13-8)9(5-6-12)7-11-2/h3-4,6,9,11H,5,7H2,1-2H3. The Balaban J connectivity index is 2.68. The zero-order valence-corrected chi connectivity index (χ0v) is 8.86. The lowest BCUT2D eigenvalue weighted by molar-refractivity contribution is -0.108. The van der Waals surface area contributed by atoms with Gasteiger partial charge in [-0.2, -0.15) is 0 Å². The fourth-order valence-corrected chi connectivity index (χ4v) is 2.33. The Morgan fingerprint density at radius 2 is 2.38 bits per heavy atom. The Kier molecular flexibility index (Phi) is 4.12. The van der Waals surface area contributed by atoms with Crippen molar-refractivity contribution in [2.24, 2.45) is 0 Å². The zero-order valence-electron chi connectivity index (χ0n) is 8.04. The number of carbonyl (C=O) groups excluding carboxylic acids is 1. The molecule has 1 rings (SSSR count). The normalized spacial score (nSPS) is 12.8. The molecule has 0 aliphatic heterocycles. The number of carbonyl (C=O) groups is 1. The van der Waals surface area contributed by atoms with Gasteiger partial charge in [0.05, 0.1) is 0 Å². The Morgan fingerprint density at radius 1 is 1.62 bits per heavy atom. The highest BCUT2D eigenvalue weighted by molar-refractivity contribution is 7.12. The van der Waals surface area contributed by atoms with E-state index < -0.39 is 0 Å². The van der Waals surface area contributed by atoms with Crippen LogP contribution in [0.25, 0.3) is 0 Å². The van der Waals surface area contributed by atoms with E-state index in [1.54, 1.807) is 11.3 Å². The van der Waals surface area contributed by atoms with Crippen LogP contribution in [0.1, 0.15) is 22.1 Å². The third kappa shape index (κ3) is 2.94. The highest BCUT2D eigenvalue weighted by Gasteiger charge is 2.11. The SMILES string of the molecule is CNCC(CC=O)c1ccc(C)s1. The van der Waals surface area contributed by atoms with Crippen LogP contribution in [0.5, 0.6) is 0 Å². The summed E-state index contributed by atoms with van der Waals surface area (Å²) in [5.74, 6) is 0.348. The van der Waals surface area contributed by atoms with E-state index in [0.717, 1.165) is 12.8 Å². The number of hydrogen-bond acceptors (Lipinski definition) is 3. The van der Waals surface area contributed by atoms with Gasteiger partial charge in [0.15, 0.2) is 0 Å². The lowest BCUT2D eigenvalue weighted by Gasteiger charge is -2.10. The minimum Gasteiger partial charge on any atom is -0.319 e. The molecule has 1 aromatic rings. The smallest absolute Gasteiger partial charge is 0.120 e. The topological polar surface area (TPSA) is 29.1 Å². The Hall–Kier alpha value is -0.670. The van der Waals surface area contributed by atoms with E-state index in [0.29, 0.717) is 12.3 Å². The van der Waals surface area contributed by atoms with Crippen molar-refractivity contribution < 1.29 is 4.79 Å². The first-order valence-corrected chi connectivity index (χ1v) is 5.24. The molecule has 0 spiro atoms. The van der Waals surface area contributed by atoms with Crippen molar-refractivity contribution in [2.45, 2.75) is 19.3 Å². The van der Waals surface area contributed by atoms with Gasteiger partial charge in [-0.25, -0.2) is 0 Å². The van der Waals surface area contributed by atoms with Crippen LogP contribution in [0, 0.1) is 6.92 Å². The van der Waals surface area contributed by atoms with Gasteiger partial charge < -0.3 is 10.1 Å². The molecule has 1 unspecified atom stereocenters. The number of thiophene rings is 1. The number of aryl methyl sites for hydroxylation is 1. The number of hydrogen-bond donors (Lipinski definition) is 1. The monoisotopic (exact) mass is 197 g/mol. The molecule has 3 heteroatoms. The average molecular weight is 197 g/mol. The second-order valence-electron chi connectivity index (χ2n) is 3.11. The van der Waals surface area contributed by atoms with Crippen LogP contribution >= 0.6 is 11.3 Å². The predicted molar refractivity (Wildman–Crippen MR) is 56.4 cm³/mol. The second-order valence-corrected chi connectivity index (χ2v) is 4.42. The third-order valence-electron chi connectivity index (χ3n) is 1.99. The summed E-state index contributed by atoms with van der Waals surface area (Å²) in [6, 6.07) is 4.22. The molecule has 0 fully saturated rings. The molecule has 0 aliphatic rings. The van der Waals surface area contributed by atoms with E-state index >= 15 is 0 Å². The first kappa shape index (κ1) is 10.4. The van der Waals surface area contributed by atoms with Crippen LogP contribution in [0.3, 0.4) is 0 Å². The molecule has 13 heavy (non-hydrogen) atoms. The number of likely N-dealkylation sites (N-methyl/N-ethyl adjacent to an activating group) is 1. The summed E-state index contributed by atoms with van der Waals surface area (Å²) in [4.78, 5) is 13.1. The summed E-state index contributed by atoms with van der Waals surface area (Å²) in [7, 11) is 1.91. The Bertz CT molecular complexity index is 270. The summed E-state index contributed by atoms with van der Waals surface area (Å²) in [5, 5.41) is 3.11. The number of rotatable bonds is 5. The lowest BCUT2D eigenvalue weighted by Crippen LogP contribution is -2.16. The van der Waals surface area contributed by atoms with Crippen molar-refractivity contribution >= 4 is 17.6 Å². The van der Waals surface area contributed by atoms with Crippen molar-refractivity contribution in [2.75, 3.05) is 13.6 Å². The molecule has 0 bridgehead atoms. The van der Waals surface area contributed by atoms with Crippen molar-refractivity contribution in [3.05, 3.63) is 21.9 Å². The summed E-state index contributed by atoms with van der Waals surface area (Å²) < 4.78 is 0. The fourth-order valence-electron chi connectivity index (χ4n) is 1.34. The van der Waals surface area contributed by atoms with Crippen molar-refractivity contribution in [1.82, 2.24) is 5.32 Å². The maximum atomic E-state index is 10.4. The zero-order chi connectivity index (χ0) is 9.68. The van der Waals surface area contributed by atoms with E-state index in [2.05, 4.69) is 24.4 Å². The van der Waals surface area contributed by atoms with E-state index in [-0.39, 0.29) is 0 Å². The maximum absolute atomic E-state index is 10.4. The van der Waals surface area contributed by atoms with Crippen molar-refractivity contribution in [1.29, 1.82) is 0 Å². The van der Waals surface area contributed by atoms with Crippen molar-refractivity contribution in [3.8, 4) is 0 Å². The summed E-state index contributed by atoms with van der Waals surface area (Å²) in [6.07, 6.45) is 1.61. The molecule has 72 valence electrons. The Labute approximate surface area is 83.0 Å². The molecule has 1 heterocycles. The van der Waals surface area contributed by atoms with Gasteiger partial charge in [-0.3, -0.25) is 0 Å². The van der Waals surface area contributed by atoms with E-state index in [4.69, 9.17) is 0 Å². The van der Waals surface area contributed by atoms with Gasteiger partial charge in [0.25, 0.3) is 0 Å². The van der Waals surface area contributed by atoms with Gasteiger partial charge in [-0.05, 0) is 26.1 Å². The third-order valence-corrected chi connectivity index (χ3v) is 3.16. The highest BCUT2D eigenvalue weighted by atomic mass is 32.1. The largest absolute Gasteiger partial charge is 0.319 e.